The fourth-order valence-electron chi connectivity index (χ4n) is 1.53. The molecule has 0 radical (unpaired) electrons. The summed E-state index contributed by atoms with van der Waals surface area (Å²) >= 11 is 5.94. The van der Waals surface area contributed by atoms with Crippen LogP contribution in [0.25, 0.3) is 0 Å². The molecule has 0 N–H and O–H groups in total. The van der Waals surface area contributed by atoms with Gasteiger partial charge in [-0.2, -0.15) is 0 Å². The second-order valence-electron chi connectivity index (χ2n) is 3.85. The molecule has 0 bridgehead atoms. The smallest absolute Gasteiger partial charge is 0.280 e. The largest absolute Gasteiger partial charge is 0.332 e. The molecule has 0 spiro atoms. The number of benzene rings is 1. The Morgan fingerprint density at radius 1 is 1.40 bits per heavy atom. The Kier molecular flexibility index (Phi) is 3.98. The molecule has 0 saturated carbocycles. The fraction of sp³-hybridized carbons (Fsp3) is 0.100. The van der Waals surface area contributed by atoms with Crippen LogP contribution in [0.2, 0.25) is 5.02 Å². The number of imidazole rings is 1. The molecule has 0 aliphatic heterocycles. The van der Waals surface area contributed by atoms with Gasteiger partial charge in [-0.1, -0.05) is 11.6 Å². The quantitative estimate of drug-likeness (QED) is 0.485. The van der Waals surface area contributed by atoms with Crippen LogP contribution >= 0.6 is 22.3 Å². The van der Waals surface area contributed by atoms with Gasteiger partial charge >= 0.3 is 0 Å². The van der Waals surface area contributed by atoms with Crippen LogP contribution in [-0.2, 0) is 15.6 Å². The van der Waals surface area contributed by atoms with E-state index in [0.29, 0.717) is 5.56 Å². The maximum atomic E-state index is 11.1. The topological polar surface area (TPSA) is 95.1 Å². The predicted octanol–water partition coefficient (Wildman–Crippen LogP) is 2.42. The molecule has 2 aromatic rings. The summed E-state index contributed by atoms with van der Waals surface area (Å²) in [7, 11) is 1.27. The standard InChI is InChI=1S/C10H7Cl2N3O4S/c11-9-3-8(15(16)17)2-1-7(9)4-14-5-10(13-6-14)20(12,18)19/h1-3,5-6H,4H2. The van der Waals surface area contributed by atoms with Crippen LogP contribution in [0.3, 0.4) is 0 Å². The van der Waals surface area contributed by atoms with E-state index < -0.39 is 14.0 Å². The molecule has 2 rings (SSSR count). The minimum absolute atomic E-state index is 0.117. The monoisotopic (exact) mass is 335 g/mol. The van der Waals surface area contributed by atoms with E-state index in [0.717, 1.165) is 0 Å². The van der Waals surface area contributed by atoms with E-state index in [1.807, 2.05) is 0 Å². The van der Waals surface area contributed by atoms with Crippen LogP contribution in [-0.4, -0.2) is 22.9 Å². The normalized spacial score (nSPS) is 11.5. The van der Waals surface area contributed by atoms with Gasteiger partial charge in [-0.15, -0.1) is 0 Å². The third-order valence-electron chi connectivity index (χ3n) is 2.46. The Labute approximate surface area is 123 Å². The van der Waals surface area contributed by atoms with Crippen LogP contribution in [0.1, 0.15) is 5.56 Å². The van der Waals surface area contributed by atoms with Crippen LogP contribution in [0.5, 0.6) is 0 Å². The Bertz CT molecular complexity index is 773. The van der Waals surface area contributed by atoms with Gasteiger partial charge in [0.2, 0.25) is 0 Å². The average molecular weight is 336 g/mol. The molecule has 7 nitrogen and oxygen atoms in total. The lowest BCUT2D eigenvalue weighted by atomic mass is 10.2. The molecule has 1 aromatic carbocycles. The van der Waals surface area contributed by atoms with E-state index in [-0.39, 0.29) is 22.3 Å². The first-order valence-electron chi connectivity index (χ1n) is 5.16. The number of nitro benzene ring substituents is 1. The number of aromatic nitrogens is 2. The van der Waals surface area contributed by atoms with Gasteiger partial charge in [-0.05, 0) is 11.6 Å². The highest BCUT2D eigenvalue weighted by Gasteiger charge is 2.14. The number of hydrogen-bond acceptors (Lipinski definition) is 5. The van der Waals surface area contributed by atoms with Crippen molar-refractivity contribution in [2.24, 2.45) is 0 Å². The number of halogens is 2. The van der Waals surface area contributed by atoms with Crippen molar-refractivity contribution in [1.29, 1.82) is 0 Å². The summed E-state index contributed by atoms with van der Waals surface area (Å²) in [5.41, 5.74) is 0.474. The van der Waals surface area contributed by atoms with Crippen molar-refractivity contribution in [3.05, 3.63) is 51.4 Å². The second-order valence-corrected chi connectivity index (χ2v) is 6.77. The lowest BCUT2D eigenvalue weighted by Gasteiger charge is -2.04. The third-order valence-corrected chi connectivity index (χ3v) is 4.00. The molecule has 0 saturated heterocycles. The third kappa shape index (κ3) is 3.27. The van der Waals surface area contributed by atoms with Crippen molar-refractivity contribution in [3.63, 3.8) is 0 Å². The summed E-state index contributed by atoms with van der Waals surface area (Å²) in [5.74, 6) is 0. The van der Waals surface area contributed by atoms with E-state index in [4.69, 9.17) is 22.3 Å². The van der Waals surface area contributed by atoms with Crippen molar-refractivity contribution in [2.75, 3.05) is 0 Å². The van der Waals surface area contributed by atoms with Crippen LogP contribution in [0.4, 0.5) is 5.69 Å². The first-order chi connectivity index (χ1) is 9.27. The molecule has 0 unspecified atom stereocenters. The molecule has 10 heteroatoms. The molecule has 0 aliphatic carbocycles. The van der Waals surface area contributed by atoms with Gasteiger partial charge in [0.15, 0.2) is 5.03 Å². The van der Waals surface area contributed by atoms with Crippen LogP contribution < -0.4 is 0 Å². The molecule has 0 amide bonds. The van der Waals surface area contributed by atoms with E-state index in [2.05, 4.69) is 4.98 Å². The van der Waals surface area contributed by atoms with Gasteiger partial charge < -0.3 is 4.57 Å². The van der Waals surface area contributed by atoms with Crippen LogP contribution in [0.15, 0.2) is 35.7 Å². The minimum atomic E-state index is -3.88. The van der Waals surface area contributed by atoms with Gasteiger partial charge in [-0.25, -0.2) is 13.4 Å². The zero-order chi connectivity index (χ0) is 14.9. The van der Waals surface area contributed by atoms with E-state index in [1.165, 1.54) is 35.3 Å². The lowest BCUT2D eigenvalue weighted by Crippen LogP contribution is -1.98. The SMILES string of the molecule is O=[N+]([O-])c1ccc(Cn2cnc(S(=O)(=O)Cl)c2)c(Cl)c1. The summed E-state index contributed by atoms with van der Waals surface area (Å²) in [6.07, 6.45) is 2.53. The second kappa shape index (κ2) is 5.39. The summed E-state index contributed by atoms with van der Waals surface area (Å²) in [4.78, 5) is 13.7. The predicted molar refractivity (Wildman–Crippen MR) is 72.5 cm³/mol. The van der Waals surface area contributed by atoms with E-state index in [9.17, 15) is 18.5 Å². The number of nitrogens with zero attached hydrogens (tertiary/aromatic N) is 3. The molecule has 0 aliphatic rings. The van der Waals surface area contributed by atoms with E-state index in [1.54, 1.807) is 0 Å². The highest BCUT2D eigenvalue weighted by molar-refractivity contribution is 8.13. The number of nitro groups is 1. The summed E-state index contributed by atoms with van der Waals surface area (Å²) in [6, 6.07) is 4.04. The average Bonchev–Trinajstić information content (AvgIpc) is 2.80. The Hall–Kier alpha value is -1.64. The minimum Gasteiger partial charge on any atom is -0.332 e. The Morgan fingerprint density at radius 3 is 2.60 bits per heavy atom. The van der Waals surface area contributed by atoms with Crippen molar-refractivity contribution in [2.45, 2.75) is 11.6 Å². The van der Waals surface area contributed by atoms with Gasteiger partial charge in [-0.3, -0.25) is 10.1 Å². The maximum absolute atomic E-state index is 11.1. The van der Waals surface area contributed by atoms with Crippen LogP contribution in [0, 0.1) is 10.1 Å². The summed E-state index contributed by atoms with van der Waals surface area (Å²) in [5, 5.41) is 10.5. The molecule has 0 atom stereocenters. The van der Waals surface area contributed by atoms with Crippen molar-refractivity contribution < 1.29 is 13.3 Å². The van der Waals surface area contributed by atoms with Gasteiger partial charge in [0.25, 0.3) is 14.7 Å². The first kappa shape index (κ1) is 14.8. The van der Waals surface area contributed by atoms with Crippen molar-refractivity contribution in [3.8, 4) is 0 Å². The fourth-order valence-corrected chi connectivity index (χ4v) is 2.43. The summed E-state index contributed by atoms with van der Waals surface area (Å²) in [6.45, 7) is 0.218. The lowest BCUT2D eigenvalue weighted by molar-refractivity contribution is -0.384. The number of non-ortho nitro benzene ring substituents is 1. The Morgan fingerprint density at radius 2 is 2.10 bits per heavy atom. The number of hydrogen-bond donors (Lipinski definition) is 0. The highest BCUT2D eigenvalue weighted by atomic mass is 35.7. The van der Waals surface area contributed by atoms with Gasteiger partial charge in [0.1, 0.15) is 0 Å². The molecule has 106 valence electrons. The maximum Gasteiger partial charge on any atom is 0.280 e. The highest BCUT2D eigenvalue weighted by Crippen LogP contribution is 2.23. The molecule has 1 aromatic heterocycles. The molecular weight excluding hydrogens is 329 g/mol. The van der Waals surface area contributed by atoms with Gasteiger partial charge in [0, 0.05) is 29.0 Å². The zero-order valence-corrected chi connectivity index (χ0v) is 12.1. The van der Waals surface area contributed by atoms with E-state index >= 15 is 0 Å². The zero-order valence-electron chi connectivity index (χ0n) is 9.73. The van der Waals surface area contributed by atoms with Crippen molar-refractivity contribution in [1.82, 2.24) is 9.55 Å². The summed E-state index contributed by atoms with van der Waals surface area (Å²) < 4.78 is 23.6. The molecule has 1 heterocycles. The first-order valence-corrected chi connectivity index (χ1v) is 7.85. The molecular formula is C10H7Cl2N3O4S. The molecule has 20 heavy (non-hydrogen) atoms. The molecule has 0 fully saturated rings. The van der Waals surface area contributed by atoms with Gasteiger partial charge in [0.05, 0.1) is 22.8 Å². The Balaban J connectivity index is 2.27. The van der Waals surface area contributed by atoms with Crippen molar-refractivity contribution >= 4 is 37.0 Å². The number of rotatable bonds is 4.